The lowest BCUT2D eigenvalue weighted by Gasteiger charge is -2.21. The average molecular weight is 331 g/mol. The molecule has 2 aromatic rings. The van der Waals surface area contributed by atoms with Gasteiger partial charge in [0, 0.05) is 10.9 Å². The summed E-state index contributed by atoms with van der Waals surface area (Å²) in [4.78, 5) is 16.8. The van der Waals surface area contributed by atoms with Crippen molar-refractivity contribution in [1.29, 1.82) is 0 Å². The molecular formula is C17H21N3O2S. The molecule has 6 heteroatoms. The quantitative estimate of drug-likeness (QED) is 0.903. The van der Waals surface area contributed by atoms with Gasteiger partial charge in [0.15, 0.2) is 5.13 Å². The zero-order valence-corrected chi connectivity index (χ0v) is 14.2. The van der Waals surface area contributed by atoms with Crippen LogP contribution in [0.25, 0.3) is 11.3 Å². The van der Waals surface area contributed by atoms with Gasteiger partial charge in [-0.25, -0.2) is 4.98 Å². The van der Waals surface area contributed by atoms with E-state index >= 15 is 0 Å². The number of amides is 1. The number of anilines is 1. The number of piperidine rings is 1. The largest absolute Gasteiger partial charge is 0.496 e. The number of nitrogens with zero attached hydrogens (tertiary/aromatic N) is 1. The van der Waals surface area contributed by atoms with Crippen molar-refractivity contribution in [2.75, 3.05) is 19.0 Å². The second kappa shape index (κ2) is 7.10. The summed E-state index contributed by atoms with van der Waals surface area (Å²) in [5.74, 6) is 0.787. The van der Waals surface area contributed by atoms with Gasteiger partial charge in [-0.05, 0) is 38.4 Å². The lowest BCUT2D eigenvalue weighted by atomic mass is 10.0. The van der Waals surface area contributed by atoms with Crippen LogP contribution in [0.2, 0.25) is 0 Å². The number of carbonyl (C=O) groups is 1. The molecule has 122 valence electrons. The molecule has 1 aromatic carbocycles. The van der Waals surface area contributed by atoms with Gasteiger partial charge in [0.05, 0.1) is 18.8 Å². The minimum atomic E-state index is -0.107. The Kier molecular flexibility index (Phi) is 4.93. The van der Waals surface area contributed by atoms with Crippen molar-refractivity contribution >= 4 is 22.4 Å². The minimum absolute atomic E-state index is 0.00167. The van der Waals surface area contributed by atoms with Crippen molar-refractivity contribution in [3.8, 4) is 17.0 Å². The lowest BCUT2D eigenvalue weighted by Crippen LogP contribution is -2.43. The highest BCUT2D eigenvalue weighted by molar-refractivity contribution is 7.14. The number of hydrogen-bond acceptors (Lipinski definition) is 5. The van der Waals surface area contributed by atoms with Crippen molar-refractivity contribution < 1.29 is 9.53 Å². The first-order chi connectivity index (χ1) is 11.2. The highest BCUT2D eigenvalue weighted by Gasteiger charge is 2.21. The number of thiazole rings is 1. The first-order valence-corrected chi connectivity index (χ1v) is 8.70. The molecule has 1 amide bonds. The van der Waals surface area contributed by atoms with E-state index < -0.39 is 0 Å². The highest BCUT2D eigenvalue weighted by atomic mass is 32.1. The van der Waals surface area contributed by atoms with Crippen LogP contribution in [0.5, 0.6) is 5.75 Å². The van der Waals surface area contributed by atoms with E-state index in [2.05, 4.69) is 15.6 Å². The van der Waals surface area contributed by atoms with Gasteiger partial charge >= 0.3 is 0 Å². The molecule has 2 N–H and O–H groups in total. The van der Waals surface area contributed by atoms with Gasteiger partial charge in [-0.15, -0.1) is 11.3 Å². The second-order valence-corrected chi connectivity index (χ2v) is 6.59. The van der Waals surface area contributed by atoms with Gasteiger partial charge < -0.3 is 15.4 Å². The Morgan fingerprint density at radius 3 is 3.04 bits per heavy atom. The number of hydrogen-bond donors (Lipinski definition) is 2. The fraction of sp³-hybridized carbons (Fsp3) is 0.412. The van der Waals surface area contributed by atoms with Crippen LogP contribution in [0.15, 0.2) is 23.6 Å². The fourth-order valence-electron chi connectivity index (χ4n) is 2.74. The summed E-state index contributed by atoms with van der Waals surface area (Å²) in [7, 11) is 1.65. The van der Waals surface area contributed by atoms with Crippen LogP contribution < -0.4 is 15.4 Å². The predicted molar refractivity (Wildman–Crippen MR) is 93.1 cm³/mol. The zero-order valence-electron chi connectivity index (χ0n) is 13.4. The van der Waals surface area contributed by atoms with E-state index in [4.69, 9.17) is 4.74 Å². The van der Waals surface area contributed by atoms with Crippen molar-refractivity contribution in [2.45, 2.75) is 32.2 Å². The van der Waals surface area contributed by atoms with Crippen molar-refractivity contribution in [3.05, 3.63) is 29.1 Å². The summed E-state index contributed by atoms with van der Waals surface area (Å²) in [6, 6.07) is 5.88. The van der Waals surface area contributed by atoms with Crippen LogP contribution in [-0.2, 0) is 4.79 Å². The molecule has 0 aliphatic carbocycles. The third kappa shape index (κ3) is 3.71. The molecule has 23 heavy (non-hydrogen) atoms. The third-order valence-electron chi connectivity index (χ3n) is 3.99. The summed E-state index contributed by atoms with van der Waals surface area (Å²) in [5, 5.41) is 8.74. The molecule has 2 heterocycles. The Labute approximate surface area is 140 Å². The number of nitrogens with one attached hydrogen (secondary N) is 2. The number of rotatable bonds is 4. The van der Waals surface area contributed by atoms with Crippen molar-refractivity contribution in [3.63, 3.8) is 0 Å². The standard InChI is InChI=1S/C17H21N3O2S/c1-11-6-7-15(22-2)12(9-11)14-10-23-17(19-14)20-16(21)13-5-3-4-8-18-13/h6-7,9-10,13,18H,3-5,8H2,1-2H3,(H,19,20,21). The van der Waals surface area contributed by atoms with E-state index in [9.17, 15) is 4.79 Å². The zero-order chi connectivity index (χ0) is 16.2. The first-order valence-electron chi connectivity index (χ1n) is 7.82. The number of aromatic nitrogens is 1. The number of ether oxygens (including phenoxy) is 1. The predicted octanol–water partition coefficient (Wildman–Crippen LogP) is 3.21. The summed E-state index contributed by atoms with van der Waals surface area (Å²) >= 11 is 1.44. The molecule has 1 aliphatic rings. The van der Waals surface area contributed by atoms with Gasteiger partial charge in [-0.3, -0.25) is 4.79 Å². The molecule has 1 unspecified atom stereocenters. The lowest BCUT2D eigenvalue weighted by molar-refractivity contribution is -0.118. The maximum absolute atomic E-state index is 12.3. The molecule has 1 atom stereocenters. The van der Waals surface area contributed by atoms with Crippen LogP contribution in [0.3, 0.4) is 0 Å². The van der Waals surface area contributed by atoms with Crippen molar-refractivity contribution in [1.82, 2.24) is 10.3 Å². The molecule has 1 aromatic heterocycles. The maximum atomic E-state index is 12.3. The molecule has 1 fully saturated rings. The molecule has 0 radical (unpaired) electrons. The summed E-state index contributed by atoms with van der Waals surface area (Å²) < 4.78 is 5.41. The molecule has 0 bridgehead atoms. The molecular weight excluding hydrogens is 310 g/mol. The smallest absolute Gasteiger partial charge is 0.243 e. The van der Waals surface area contributed by atoms with E-state index in [1.165, 1.54) is 11.3 Å². The average Bonchev–Trinajstić information content (AvgIpc) is 3.04. The SMILES string of the molecule is COc1ccc(C)cc1-c1csc(NC(=O)C2CCCCN2)n1. The van der Waals surface area contributed by atoms with E-state index in [1.807, 2.05) is 30.5 Å². The summed E-state index contributed by atoms with van der Waals surface area (Å²) in [5.41, 5.74) is 2.91. The molecule has 0 saturated carbocycles. The topological polar surface area (TPSA) is 63.2 Å². The number of aryl methyl sites for hydroxylation is 1. The maximum Gasteiger partial charge on any atom is 0.243 e. The molecule has 0 spiro atoms. The van der Waals surface area contributed by atoms with Gasteiger partial charge in [-0.2, -0.15) is 0 Å². The van der Waals surface area contributed by atoms with Gasteiger partial charge in [0.1, 0.15) is 5.75 Å². The van der Waals surface area contributed by atoms with E-state index in [-0.39, 0.29) is 11.9 Å². The van der Waals surface area contributed by atoms with E-state index in [1.54, 1.807) is 7.11 Å². The summed E-state index contributed by atoms with van der Waals surface area (Å²) in [6.45, 7) is 2.94. The van der Waals surface area contributed by atoms with Crippen LogP contribution in [0.1, 0.15) is 24.8 Å². The Balaban J connectivity index is 1.75. The Bertz CT molecular complexity index is 693. The Hall–Kier alpha value is -1.92. The molecule has 3 rings (SSSR count). The van der Waals surface area contributed by atoms with Gasteiger partial charge in [-0.1, -0.05) is 18.1 Å². The van der Waals surface area contributed by atoms with E-state index in [0.717, 1.165) is 48.4 Å². The highest BCUT2D eigenvalue weighted by Crippen LogP contribution is 2.33. The number of carbonyl (C=O) groups excluding carboxylic acids is 1. The molecule has 1 saturated heterocycles. The van der Waals surface area contributed by atoms with Crippen molar-refractivity contribution in [2.24, 2.45) is 0 Å². The van der Waals surface area contributed by atoms with Gasteiger partial charge in [0.2, 0.25) is 5.91 Å². The normalized spacial score (nSPS) is 17.7. The van der Waals surface area contributed by atoms with Gasteiger partial charge in [0.25, 0.3) is 0 Å². The van der Waals surface area contributed by atoms with Crippen LogP contribution in [0, 0.1) is 6.92 Å². The minimum Gasteiger partial charge on any atom is -0.496 e. The fourth-order valence-corrected chi connectivity index (χ4v) is 3.46. The molecule has 1 aliphatic heterocycles. The Morgan fingerprint density at radius 2 is 2.30 bits per heavy atom. The monoisotopic (exact) mass is 331 g/mol. The molecule has 5 nitrogen and oxygen atoms in total. The second-order valence-electron chi connectivity index (χ2n) is 5.73. The van der Waals surface area contributed by atoms with Crippen LogP contribution in [0.4, 0.5) is 5.13 Å². The number of methoxy groups -OCH3 is 1. The summed E-state index contributed by atoms with van der Waals surface area (Å²) in [6.07, 6.45) is 3.11. The van der Waals surface area contributed by atoms with Crippen LogP contribution >= 0.6 is 11.3 Å². The Morgan fingerprint density at radius 1 is 1.43 bits per heavy atom. The first kappa shape index (κ1) is 16.0. The van der Waals surface area contributed by atoms with E-state index in [0.29, 0.717) is 5.13 Å². The number of benzene rings is 1. The van der Waals surface area contributed by atoms with Crippen LogP contribution in [-0.4, -0.2) is 30.6 Å². The third-order valence-corrected chi connectivity index (χ3v) is 4.75.